The third-order valence-electron chi connectivity index (χ3n) is 3.01. The Labute approximate surface area is 108 Å². The molecular weight excluding hydrogens is 240 g/mol. The van der Waals surface area contributed by atoms with Crippen LogP contribution in [-0.4, -0.2) is 18.5 Å². The molecular formula is C12H19ClN2O2. The van der Waals surface area contributed by atoms with Crippen LogP contribution in [-0.2, 0) is 11.3 Å². The van der Waals surface area contributed by atoms with E-state index in [0.29, 0.717) is 12.6 Å². The van der Waals surface area contributed by atoms with Crippen LogP contribution in [0.2, 0.25) is 0 Å². The average molecular weight is 259 g/mol. The predicted octanol–water partition coefficient (Wildman–Crippen LogP) is 1.71. The molecule has 2 atom stereocenters. The van der Waals surface area contributed by atoms with Gasteiger partial charge in [0.25, 0.3) is 0 Å². The third kappa shape index (κ3) is 4.06. The van der Waals surface area contributed by atoms with Crippen LogP contribution in [0.1, 0.15) is 25.5 Å². The van der Waals surface area contributed by atoms with E-state index in [4.69, 9.17) is 4.42 Å². The molecule has 4 nitrogen and oxygen atoms in total. The number of halogens is 1. The summed E-state index contributed by atoms with van der Waals surface area (Å²) in [6, 6.07) is 4.13. The van der Waals surface area contributed by atoms with Gasteiger partial charge in [-0.3, -0.25) is 4.79 Å². The minimum atomic E-state index is 0. The van der Waals surface area contributed by atoms with Crippen molar-refractivity contribution in [1.29, 1.82) is 0 Å². The van der Waals surface area contributed by atoms with Crippen LogP contribution in [0.15, 0.2) is 22.8 Å². The number of carbonyl (C=O) groups is 1. The van der Waals surface area contributed by atoms with Crippen molar-refractivity contribution in [2.75, 3.05) is 6.54 Å². The average Bonchev–Trinajstić information content (AvgIpc) is 2.78. The standard InChI is InChI=1S/C12H18N2O2.ClH/c1-9-7-10(4-5-13-9)12(15)14-8-11-3-2-6-16-11;/h2-3,6,9-10,13H,4-5,7-8H2,1H3,(H,14,15);1H/t9-,10-;/m0./s1. The van der Waals surface area contributed by atoms with Crippen LogP contribution < -0.4 is 10.6 Å². The van der Waals surface area contributed by atoms with Crippen LogP contribution in [0.3, 0.4) is 0 Å². The number of piperidine rings is 1. The number of carbonyl (C=O) groups excluding carboxylic acids is 1. The van der Waals surface area contributed by atoms with Crippen LogP contribution in [0, 0.1) is 5.92 Å². The zero-order valence-electron chi connectivity index (χ0n) is 9.94. The highest BCUT2D eigenvalue weighted by Crippen LogP contribution is 2.16. The van der Waals surface area contributed by atoms with E-state index in [0.717, 1.165) is 25.1 Å². The first-order valence-electron chi connectivity index (χ1n) is 5.79. The Morgan fingerprint density at radius 2 is 2.47 bits per heavy atom. The van der Waals surface area contributed by atoms with Crippen LogP contribution in [0.25, 0.3) is 0 Å². The van der Waals surface area contributed by atoms with Gasteiger partial charge in [0.05, 0.1) is 12.8 Å². The normalized spacial score (nSPS) is 23.8. The molecule has 0 aromatic carbocycles. The summed E-state index contributed by atoms with van der Waals surface area (Å²) in [7, 11) is 0. The predicted molar refractivity (Wildman–Crippen MR) is 68.0 cm³/mol. The minimum Gasteiger partial charge on any atom is -0.467 e. The molecule has 0 radical (unpaired) electrons. The molecule has 1 aliphatic rings. The minimum absolute atomic E-state index is 0. The Morgan fingerprint density at radius 1 is 1.65 bits per heavy atom. The van der Waals surface area contributed by atoms with Gasteiger partial charge in [0.15, 0.2) is 0 Å². The molecule has 0 saturated carbocycles. The molecule has 2 rings (SSSR count). The molecule has 0 bridgehead atoms. The van der Waals surface area contributed by atoms with Gasteiger partial charge in [0.2, 0.25) is 5.91 Å². The fourth-order valence-electron chi connectivity index (χ4n) is 2.10. The van der Waals surface area contributed by atoms with Gasteiger partial charge in [0, 0.05) is 12.0 Å². The summed E-state index contributed by atoms with van der Waals surface area (Å²) in [5, 5.41) is 6.25. The SMILES string of the molecule is C[C@H]1C[C@@H](C(=O)NCc2ccco2)CCN1.Cl. The van der Waals surface area contributed by atoms with E-state index in [9.17, 15) is 4.79 Å². The van der Waals surface area contributed by atoms with Gasteiger partial charge in [-0.2, -0.15) is 0 Å². The van der Waals surface area contributed by atoms with Crippen molar-refractivity contribution in [1.82, 2.24) is 10.6 Å². The van der Waals surface area contributed by atoms with E-state index in [1.165, 1.54) is 0 Å². The van der Waals surface area contributed by atoms with Crippen molar-refractivity contribution >= 4 is 18.3 Å². The fourth-order valence-corrected chi connectivity index (χ4v) is 2.10. The maximum Gasteiger partial charge on any atom is 0.223 e. The molecule has 0 spiro atoms. The molecule has 1 aliphatic heterocycles. The molecule has 2 heterocycles. The first-order chi connectivity index (χ1) is 7.75. The van der Waals surface area contributed by atoms with Crippen LogP contribution >= 0.6 is 12.4 Å². The molecule has 1 aromatic rings. The zero-order valence-corrected chi connectivity index (χ0v) is 10.8. The fraction of sp³-hybridized carbons (Fsp3) is 0.583. The van der Waals surface area contributed by atoms with Gasteiger partial charge >= 0.3 is 0 Å². The molecule has 0 unspecified atom stereocenters. The smallest absolute Gasteiger partial charge is 0.223 e. The highest BCUT2D eigenvalue weighted by atomic mass is 35.5. The van der Waals surface area contributed by atoms with E-state index in [1.807, 2.05) is 12.1 Å². The number of nitrogens with one attached hydrogen (secondary N) is 2. The molecule has 1 fully saturated rings. The third-order valence-corrected chi connectivity index (χ3v) is 3.01. The molecule has 96 valence electrons. The summed E-state index contributed by atoms with van der Waals surface area (Å²) in [5.74, 6) is 1.09. The monoisotopic (exact) mass is 258 g/mol. The molecule has 1 saturated heterocycles. The second-order valence-electron chi connectivity index (χ2n) is 4.37. The van der Waals surface area contributed by atoms with Gasteiger partial charge in [-0.25, -0.2) is 0 Å². The Kier molecular flexibility index (Phi) is 5.51. The summed E-state index contributed by atoms with van der Waals surface area (Å²) in [6.07, 6.45) is 3.46. The number of amides is 1. The first kappa shape index (κ1) is 14.1. The lowest BCUT2D eigenvalue weighted by Crippen LogP contribution is -2.42. The highest BCUT2D eigenvalue weighted by Gasteiger charge is 2.24. The lowest BCUT2D eigenvalue weighted by Gasteiger charge is -2.26. The second-order valence-corrected chi connectivity index (χ2v) is 4.37. The number of hydrogen-bond donors (Lipinski definition) is 2. The highest BCUT2D eigenvalue weighted by molar-refractivity contribution is 5.85. The van der Waals surface area contributed by atoms with Crippen molar-refractivity contribution < 1.29 is 9.21 Å². The second kappa shape index (κ2) is 6.67. The summed E-state index contributed by atoms with van der Waals surface area (Å²) in [6.45, 7) is 3.54. The summed E-state index contributed by atoms with van der Waals surface area (Å²) in [4.78, 5) is 11.9. The van der Waals surface area contributed by atoms with Crippen LogP contribution in [0.4, 0.5) is 0 Å². The van der Waals surface area contributed by atoms with E-state index >= 15 is 0 Å². The lowest BCUT2D eigenvalue weighted by atomic mass is 9.92. The largest absolute Gasteiger partial charge is 0.467 e. The van der Waals surface area contributed by atoms with Gasteiger partial charge < -0.3 is 15.1 Å². The Hall–Kier alpha value is -1.00. The van der Waals surface area contributed by atoms with Crippen molar-refractivity contribution in [3.8, 4) is 0 Å². The summed E-state index contributed by atoms with van der Waals surface area (Å²) >= 11 is 0. The van der Waals surface area contributed by atoms with Crippen molar-refractivity contribution in [3.63, 3.8) is 0 Å². The first-order valence-corrected chi connectivity index (χ1v) is 5.79. The molecule has 0 aliphatic carbocycles. The number of rotatable bonds is 3. The van der Waals surface area contributed by atoms with Crippen molar-refractivity contribution in [2.24, 2.45) is 5.92 Å². The molecule has 2 N–H and O–H groups in total. The maximum atomic E-state index is 11.9. The quantitative estimate of drug-likeness (QED) is 0.868. The zero-order chi connectivity index (χ0) is 11.4. The Morgan fingerprint density at radius 3 is 3.12 bits per heavy atom. The summed E-state index contributed by atoms with van der Waals surface area (Å²) in [5.41, 5.74) is 0. The van der Waals surface area contributed by atoms with Gasteiger partial charge in [-0.1, -0.05) is 0 Å². The molecule has 1 amide bonds. The number of furan rings is 1. The lowest BCUT2D eigenvalue weighted by molar-refractivity contribution is -0.126. The van der Waals surface area contributed by atoms with Gasteiger partial charge in [-0.15, -0.1) is 12.4 Å². The molecule has 1 aromatic heterocycles. The Balaban J connectivity index is 0.00000144. The van der Waals surface area contributed by atoms with E-state index in [2.05, 4.69) is 17.6 Å². The van der Waals surface area contributed by atoms with Crippen LogP contribution in [0.5, 0.6) is 0 Å². The van der Waals surface area contributed by atoms with Crippen molar-refractivity contribution in [3.05, 3.63) is 24.2 Å². The molecule has 17 heavy (non-hydrogen) atoms. The van der Waals surface area contributed by atoms with E-state index < -0.39 is 0 Å². The Bertz CT molecular complexity index is 340. The van der Waals surface area contributed by atoms with E-state index in [-0.39, 0.29) is 24.2 Å². The van der Waals surface area contributed by atoms with Crippen molar-refractivity contribution in [2.45, 2.75) is 32.4 Å². The molecule has 5 heteroatoms. The van der Waals surface area contributed by atoms with Gasteiger partial charge in [0.1, 0.15) is 5.76 Å². The topological polar surface area (TPSA) is 54.3 Å². The van der Waals surface area contributed by atoms with Gasteiger partial charge in [-0.05, 0) is 38.4 Å². The summed E-state index contributed by atoms with van der Waals surface area (Å²) < 4.78 is 5.17. The number of hydrogen-bond acceptors (Lipinski definition) is 3. The van der Waals surface area contributed by atoms with E-state index in [1.54, 1.807) is 6.26 Å². The maximum absolute atomic E-state index is 11.9.